The molecule has 0 aliphatic carbocycles. The first-order valence-corrected chi connectivity index (χ1v) is 21.2. The minimum Gasteiger partial charge on any atom is -0.456 e. The van der Waals surface area contributed by atoms with Crippen LogP contribution in [0.4, 0.5) is 0 Å². The molecule has 0 saturated heterocycles. The maximum Gasteiger partial charge on any atom is 0.165 e. The second-order valence-electron chi connectivity index (χ2n) is 15.6. The highest BCUT2D eigenvalue weighted by Gasteiger charge is 2.20. The maximum atomic E-state index is 6.66. The third kappa shape index (κ3) is 5.36. The molecule has 5 nitrogen and oxygen atoms in total. The minimum atomic E-state index is 0.624. The average Bonchev–Trinajstić information content (AvgIpc) is 4.00. The number of furan rings is 1. The molecule has 6 heteroatoms. The molecule has 9 aromatic carbocycles. The van der Waals surface area contributed by atoms with Gasteiger partial charge in [-0.1, -0.05) is 146 Å². The second-order valence-corrected chi connectivity index (χ2v) is 16.6. The van der Waals surface area contributed by atoms with Crippen LogP contribution in [0.5, 0.6) is 0 Å². The Hall–Kier alpha value is -7.93. The molecule has 13 aromatic rings. The van der Waals surface area contributed by atoms with Crippen molar-refractivity contribution in [1.82, 2.24) is 19.5 Å². The van der Waals surface area contributed by atoms with Gasteiger partial charge in [0.05, 0.1) is 16.7 Å². The summed E-state index contributed by atoms with van der Waals surface area (Å²) in [5.41, 5.74) is 10.1. The van der Waals surface area contributed by atoms with Crippen LogP contribution in [0.1, 0.15) is 0 Å². The van der Waals surface area contributed by atoms with E-state index in [0.29, 0.717) is 17.5 Å². The molecule has 0 bridgehead atoms. The van der Waals surface area contributed by atoms with Gasteiger partial charge in [-0.2, -0.15) is 0 Å². The number of hydrogen-bond donors (Lipinski definition) is 0. The van der Waals surface area contributed by atoms with E-state index in [-0.39, 0.29) is 0 Å². The highest BCUT2D eigenvalue weighted by Crippen LogP contribution is 2.43. The number of para-hydroxylation sites is 2. The standard InChI is InChI=1S/C55H32N4OS/c1-2-13-34(14-3-1)53-56-54(58-55(57-53)43-21-12-20-41-40-18-8-11-24-50(40)61-52(41)43)35-27-25-33(26-28-35)44-31-38(32-49-51(44)42-19-7-10-23-48(42)60-49)59-46-22-9-6-17-39(46)45-29-36-15-4-5-16-37(36)30-47(45)59/h1-32H. The van der Waals surface area contributed by atoms with Crippen molar-refractivity contribution in [2.24, 2.45) is 0 Å². The van der Waals surface area contributed by atoms with Crippen molar-refractivity contribution in [3.05, 3.63) is 194 Å². The Labute approximate surface area is 353 Å². The summed E-state index contributed by atoms with van der Waals surface area (Å²) in [5, 5.41) is 9.49. The van der Waals surface area contributed by atoms with Crippen molar-refractivity contribution in [3.8, 4) is 51.0 Å². The Bertz CT molecular complexity index is 3880. The summed E-state index contributed by atoms with van der Waals surface area (Å²) in [4.78, 5) is 15.4. The van der Waals surface area contributed by atoms with Crippen molar-refractivity contribution >= 4 is 86.0 Å². The lowest BCUT2D eigenvalue weighted by Crippen LogP contribution is -2.00. The van der Waals surface area contributed by atoms with Gasteiger partial charge in [-0.25, -0.2) is 15.0 Å². The zero-order valence-electron chi connectivity index (χ0n) is 32.6. The molecule has 0 aliphatic heterocycles. The zero-order chi connectivity index (χ0) is 40.0. The van der Waals surface area contributed by atoms with E-state index in [1.165, 1.54) is 41.7 Å². The summed E-state index contributed by atoms with van der Waals surface area (Å²) in [6.07, 6.45) is 0. The van der Waals surface area contributed by atoms with Crippen molar-refractivity contribution in [2.45, 2.75) is 0 Å². The molecule has 13 rings (SSSR count). The molecule has 0 aliphatic rings. The largest absolute Gasteiger partial charge is 0.456 e. The monoisotopic (exact) mass is 796 g/mol. The lowest BCUT2D eigenvalue weighted by molar-refractivity contribution is 0.668. The molecule has 4 heterocycles. The van der Waals surface area contributed by atoms with Gasteiger partial charge in [-0.05, 0) is 64.4 Å². The van der Waals surface area contributed by atoms with E-state index >= 15 is 0 Å². The fourth-order valence-corrected chi connectivity index (χ4v) is 10.4. The fraction of sp³-hybridized carbons (Fsp3) is 0. The Balaban J connectivity index is 0.999. The van der Waals surface area contributed by atoms with Crippen molar-refractivity contribution in [2.75, 3.05) is 0 Å². The summed E-state index contributed by atoms with van der Waals surface area (Å²) >= 11 is 1.78. The molecule has 0 amide bonds. The number of aromatic nitrogens is 4. The van der Waals surface area contributed by atoms with Gasteiger partial charge in [0.1, 0.15) is 11.2 Å². The highest BCUT2D eigenvalue weighted by molar-refractivity contribution is 7.26. The van der Waals surface area contributed by atoms with Crippen LogP contribution in [0, 0.1) is 0 Å². The Morgan fingerprint density at radius 2 is 1.03 bits per heavy atom. The third-order valence-corrected chi connectivity index (χ3v) is 13.2. The molecule has 0 N–H and O–H groups in total. The van der Waals surface area contributed by atoms with Crippen LogP contribution in [-0.4, -0.2) is 19.5 Å². The van der Waals surface area contributed by atoms with Crippen LogP contribution in [0.25, 0.3) is 126 Å². The molecule has 0 fully saturated rings. The molecule has 284 valence electrons. The average molecular weight is 797 g/mol. The summed E-state index contributed by atoms with van der Waals surface area (Å²) in [6, 6.07) is 68.6. The smallest absolute Gasteiger partial charge is 0.165 e. The van der Waals surface area contributed by atoms with Gasteiger partial charge in [0.25, 0.3) is 0 Å². The van der Waals surface area contributed by atoms with E-state index in [2.05, 4.69) is 174 Å². The SMILES string of the molecule is c1ccc(-c2nc(-c3ccc(-c4cc(-n5c6ccccc6c6cc7ccccc7cc65)cc5oc6ccccc6c45)cc3)nc(-c3cccc4c3sc3ccccc34)n2)cc1. The van der Waals surface area contributed by atoms with E-state index in [0.717, 1.165) is 66.5 Å². The van der Waals surface area contributed by atoms with Crippen LogP contribution >= 0.6 is 11.3 Å². The van der Waals surface area contributed by atoms with Crippen molar-refractivity contribution in [3.63, 3.8) is 0 Å². The Kier molecular flexibility index (Phi) is 7.41. The number of nitrogens with zero attached hydrogens (tertiary/aromatic N) is 4. The first-order valence-electron chi connectivity index (χ1n) is 20.4. The number of benzene rings is 9. The number of rotatable bonds is 5. The Morgan fingerprint density at radius 3 is 1.87 bits per heavy atom. The first kappa shape index (κ1) is 34.0. The lowest BCUT2D eigenvalue weighted by Gasteiger charge is -2.13. The van der Waals surface area contributed by atoms with E-state index < -0.39 is 0 Å². The highest BCUT2D eigenvalue weighted by atomic mass is 32.1. The van der Waals surface area contributed by atoms with Crippen molar-refractivity contribution in [1.29, 1.82) is 0 Å². The molecule has 4 aromatic heterocycles. The van der Waals surface area contributed by atoms with E-state index in [9.17, 15) is 0 Å². The van der Waals surface area contributed by atoms with Gasteiger partial charge in [0, 0.05) is 64.5 Å². The topological polar surface area (TPSA) is 56.7 Å². The molecule has 0 unspecified atom stereocenters. The van der Waals surface area contributed by atoms with Crippen LogP contribution in [0.3, 0.4) is 0 Å². The van der Waals surface area contributed by atoms with Gasteiger partial charge in [0.15, 0.2) is 17.5 Å². The van der Waals surface area contributed by atoms with Gasteiger partial charge < -0.3 is 8.98 Å². The predicted molar refractivity (Wildman–Crippen MR) is 254 cm³/mol. The van der Waals surface area contributed by atoms with Crippen LogP contribution < -0.4 is 0 Å². The van der Waals surface area contributed by atoms with Crippen LogP contribution in [-0.2, 0) is 0 Å². The molecule has 61 heavy (non-hydrogen) atoms. The second kappa shape index (κ2) is 13.3. The summed E-state index contributed by atoms with van der Waals surface area (Å²) in [7, 11) is 0. The zero-order valence-corrected chi connectivity index (χ0v) is 33.4. The summed E-state index contributed by atoms with van der Waals surface area (Å²) < 4.78 is 11.5. The summed E-state index contributed by atoms with van der Waals surface area (Å²) in [6.45, 7) is 0. The van der Waals surface area contributed by atoms with Gasteiger partial charge in [0.2, 0.25) is 0 Å². The van der Waals surface area contributed by atoms with Gasteiger partial charge in [-0.15, -0.1) is 11.3 Å². The van der Waals surface area contributed by atoms with Crippen LogP contribution in [0.2, 0.25) is 0 Å². The first-order chi connectivity index (χ1) is 30.2. The molecule has 0 spiro atoms. The number of fused-ring (bicyclic) bond motifs is 10. The van der Waals surface area contributed by atoms with Crippen LogP contribution in [0.15, 0.2) is 199 Å². The maximum absolute atomic E-state index is 6.66. The Morgan fingerprint density at radius 1 is 0.393 bits per heavy atom. The van der Waals surface area contributed by atoms with E-state index in [1.807, 2.05) is 24.3 Å². The fourth-order valence-electron chi connectivity index (χ4n) is 9.19. The lowest BCUT2D eigenvalue weighted by atomic mass is 9.97. The quantitative estimate of drug-likeness (QED) is 0.174. The van der Waals surface area contributed by atoms with E-state index in [4.69, 9.17) is 19.4 Å². The van der Waals surface area contributed by atoms with Gasteiger partial charge >= 0.3 is 0 Å². The normalized spacial score (nSPS) is 11.9. The number of thiophene rings is 1. The predicted octanol–water partition coefficient (Wildman–Crippen LogP) is 15.1. The minimum absolute atomic E-state index is 0.624. The molecular weight excluding hydrogens is 765 g/mol. The molecule has 0 radical (unpaired) electrons. The molecular formula is C55H32N4OS. The van der Waals surface area contributed by atoms with Gasteiger partial charge in [-0.3, -0.25) is 0 Å². The molecule has 0 atom stereocenters. The summed E-state index contributed by atoms with van der Waals surface area (Å²) in [5.74, 6) is 1.92. The molecule has 0 saturated carbocycles. The third-order valence-electron chi connectivity index (χ3n) is 12.0. The van der Waals surface area contributed by atoms with E-state index in [1.54, 1.807) is 11.3 Å². The van der Waals surface area contributed by atoms with Crippen molar-refractivity contribution < 1.29 is 4.42 Å². The number of hydrogen-bond acceptors (Lipinski definition) is 5.